The molecule has 2 aromatic carbocycles. The lowest BCUT2D eigenvalue weighted by Gasteiger charge is -2.22. The maximum Gasteiger partial charge on any atom is 0.121 e. The van der Waals surface area contributed by atoms with Gasteiger partial charge < -0.3 is 9.64 Å². The molecule has 0 aliphatic rings. The molecule has 102 valence electrons. The van der Waals surface area contributed by atoms with Crippen LogP contribution >= 0.6 is 15.9 Å². The molecule has 0 radical (unpaired) electrons. The number of rotatable bonds is 4. The molecule has 0 aromatic heterocycles. The third-order valence-electron chi connectivity index (χ3n) is 3.10. The van der Waals surface area contributed by atoms with Crippen LogP contribution < -0.4 is 9.64 Å². The van der Waals surface area contributed by atoms with Crippen LogP contribution in [-0.4, -0.2) is 14.2 Å². The first-order chi connectivity index (χ1) is 9.65. The summed E-state index contributed by atoms with van der Waals surface area (Å²) in [5, 5.41) is 9.22. The van der Waals surface area contributed by atoms with Gasteiger partial charge in [0.2, 0.25) is 0 Å². The minimum absolute atomic E-state index is 0.639. The number of halogens is 1. The number of anilines is 1. The van der Waals surface area contributed by atoms with Crippen molar-refractivity contribution in [2.24, 2.45) is 0 Å². The van der Waals surface area contributed by atoms with Crippen molar-refractivity contribution in [1.29, 1.82) is 5.26 Å². The summed E-state index contributed by atoms with van der Waals surface area (Å²) in [4.78, 5) is 2.04. The van der Waals surface area contributed by atoms with Crippen LogP contribution in [0.4, 0.5) is 5.69 Å². The number of ether oxygens (including phenoxy) is 1. The standard InChI is InChI=1S/C16H15BrN2O/c1-19(11-13-5-3-4-6-15(13)17)16-9-14(20-2)8-7-12(16)10-18/h3-9H,11H2,1-2H3. The third kappa shape index (κ3) is 3.12. The number of hydrogen-bond acceptors (Lipinski definition) is 3. The van der Waals surface area contributed by atoms with E-state index in [0.717, 1.165) is 15.9 Å². The van der Waals surface area contributed by atoms with Crippen LogP contribution in [0.25, 0.3) is 0 Å². The van der Waals surface area contributed by atoms with Crippen LogP contribution in [-0.2, 0) is 6.54 Å². The zero-order valence-electron chi connectivity index (χ0n) is 11.4. The van der Waals surface area contributed by atoms with Crippen LogP contribution in [0, 0.1) is 11.3 Å². The fourth-order valence-corrected chi connectivity index (χ4v) is 2.43. The van der Waals surface area contributed by atoms with E-state index >= 15 is 0 Å². The summed E-state index contributed by atoms with van der Waals surface area (Å²) >= 11 is 3.54. The highest BCUT2D eigenvalue weighted by atomic mass is 79.9. The molecular weight excluding hydrogens is 316 g/mol. The molecule has 0 unspecified atom stereocenters. The van der Waals surface area contributed by atoms with Crippen molar-refractivity contribution in [2.75, 3.05) is 19.1 Å². The van der Waals surface area contributed by atoms with Crippen molar-refractivity contribution in [3.05, 3.63) is 58.1 Å². The van der Waals surface area contributed by atoms with Gasteiger partial charge in [0.05, 0.1) is 18.4 Å². The number of nitriles is 1. The second kappa shape index (κ2) is 6.44. The molecule has 0 saturated carbocycles. The molecular formula is C16H15BrN2O. The predicted molar refractivity (Wildman–Crippen MR) is 84.0 cm³/mol. The topological polar surface area (TPSA) is 36.3 Å². The third-order valence-corrected chi connectivity index (χ3v) is 3.88. The second-order valence-corrected chi connectivity index (χ2v) is 5.30. The first kappa shape index (κ1) is 14.4. The van der Waals surface area contributed by atoms with E-state index in [1.807, 2.05) is 36.2 Å². The molecule has 20 heavy (non-hydrogen) atoms. The summed E-state index contributed by atoms with van der Waals surface area (Å²) in [5.41, 5.74) is 2.67. The van der Waals surface area contributed by atoms with Gasteiger partial charge in [0.1, 0.15) is 11.8 Å². The average Bonchev–Trinajstić information content (AvgIpc) is 2.48. The molecule has 3 nitrogen and oxygen atoms in total. The molecule has 0 spiro atoms. The molecule has 0 fully saturated rings. The summed E-state index contributed by atoms with van der Waals surface area (Å²) in [5.74, 6) is 0.748. The van der Waals surface area contributed by atoms with E-state index in [1.54, 1.807) is 19.2 Å². The van der Waals surface area contributed by atoms with Crippen molar-refractivity contribution in [1.82, 2.24) is 0 Å². The van der Waals surface area contributed by atoms with Crippen molar-refractivity contribution in [3.8, 4) is 11.8 Å². The first-order valence-electron chi connectivity index (χ1n) is 6.18. The second-order valence-electron chi connectivity index (χ2n) is 4.44. The zero-order valence-corrected chi connectivity index (χ0v) is 13.0. The summed E-state index contributed by atoms with van der Waals surface area (Å²) in [6.07, 6.45) is 0. The summed E-state index contributed by atoms with van der Waals surface area (Å²) in [6, 6.07) is 15.8. The van der Waals surface area contributed by atoms with Gasteiger partial charge >= 0.3 is 0 Å². The van der Waals surface area contributed by atoms with Crippen LogP contribution in [0.2, 0.25) is 0 Å². The van der Waals surface area contributed by atoms with E-state index in [4.69, 9.17) is 4.74 Å². The summed E-state index contributed by atoms with van der Waals surface area (Å²) < 4.78 is 6.30. The minimum atomic E-state index is 0.639. The van der Waals surface area contributed by atoms with Gasteiger partial charge in [-0.05, 0) is 23.8 Å². The Kier molecular flexibility index (Phi) is 4.65. The Morgan fingerprint density at radius 3 is 2.65 bits per heavy atom. The van der Waals surface area contributed by atoms with Gasteiger partial charge in [0, 0.05) is 24.1 Å². The van der Waals surface area contributed by atoms with Gasteiger partial charge in [-0.15, -0.1) is 0 Å². The van der Waals surface area contributed by atoms with Crippen LogP contribution in [0.1, 0.15) is 11.1 Å². The van der Waals surface area contributed by atoms with E-state index in [2.05, 4.69) is 28.1 Å². The largest absolute Gasteiger partial charge is 0.497 e. The molecule has 0 atom stereocenters. The highest BCUT2D eigenvalue weighted by Gasteiger charge is 2.10. The van der Waals surface area contributed by atoms with Crippen LogP contribution in [0.15, 0.2) is 46.9 Å². The Hall–Kier alpha value is -1.99. The number of hydrogen-bond donors (Lipinski definition) is 0. The highest BCUT2D eigenvalue weighted by molar-refractivity contribution is 9.10. The predicted octanol–water partition coefficient (Wildman–Crippen LogP) is 3.97. The minimum Gasteiger partial charge on any atom is -0.497 e. The molecule has 0 saturated heterocycles. The van der Waals surface area contributed by atoms with Gasteiger partial charge in [0.25, 0.3) is 0 Å². The Morgan fingerprint density at radius 1 is 1.25 bits per heavy atom. The number of benzene rings is 2. The van der Waals surface area contributed by atoms with Crippen molar-refractivity contribution >= 4 is 21.6 Å². The average molecular weight is 331 g/mol. The lowest BCUT2D eigenvalue weighted by molar-refractivity contribution is 0.415. The van der Waals surface area contributed by atoms with E-state index in [9.17, 15) is 5.26 Å². The normalized spacial score (nSPS) is 9.90. The summed E-state index contributed by atoms with van der Waals surface area (Å²) in [6.45, 7) is 0.712. The quantitative estimate of drug-likeness (QED) is 0.851. The molecule has 4 heteroatoms. The van der Waals surface area contributed by atoms with Crippen molar-refractivity contribution in [2.45, 2.75) is 6.54 Å². The van der Waals surface area contributed by atoms with Crippen molar-refractivity contribution < 1.29 is 4.74 Å². The van der Waals surface area contributed by atoms with E-state index in [-0.39, 0.29) is 0 Å². The smallest absolute Gasteiger partial charge is 0.121 e. The van der Waals surface area contributed by atoms with Crippen LogP contribution in [0.5, 0.6) is 5.75 Å². The van der Waals surface area contributed by atoms with Gasteiger partial charge in [0.15, 0.2) is 0 Å². The summed E-state index contributed by atoms with van der Waals surface area (Å²) in [7, 11) is 3.59. The molecule has 0 bridgehead atoms. The van der Waals surface area contributed by atoms with Crippen LogP contribution in [0.3, 0.4) is 0 Å². The van der Waals surface area contributed by atoms with Crippen molar-refractivity contribution in [3.63, 3.8) is 0 Å². The maximum absolute atomic E-state index is 9.22. The van der Waals surface area contributed by atoms with Gasteiger partial charge in [-0.1, -0.05) is 34.1 Å². The van der Waals surface area contributed by atoms with Gasteiger partial charge in [-0.25, -0.2) is 0 Å². The fraction of sp³-hybridized carbons (Fsp3) is 0.188. The molecule has 2 aromatic rings. The maximum atomic E-state index is 9.22. The number of nitrogens with zero attached hydrogens (tertiary/aromatic N) is 2. The Labute approximate surface area is 127 Å². The fourth-order valence-electron chi connectivity index (χ4n) is 2.02. The molecule has 0 aliphatic heterocycles. The SMILES string of the molecule is COc1ccc(C#N)c(N(C)Cc2ccccc2Br)c1. The van der Waals surface area contributed by atoms with E-state index in [0.29, 0.717) is 12.1 Å². The lowest BCUT2D eigenvalue weighted by atomic mass is 10.1. The molecule has 0 aliphatic carbocycles. The molecule has 0 N–H and O–H groups in total. The number of methoxy groups -OCH3 is 1. The Balaban J connectivity index is 2.31. The zero-order chi connectivity index (χ0) is 14.5. The highest BCUT2D eigenvalue weighted by Crippen LogP contribution is 2.27. The lowest BCUT2D eigenvalue weighted by Crippen LogP contribution is -2.18. The monoisotopic (exact) mass is 330 g/mol. The van der Waals surface area contributed by atoms with E-state index in [1.165, 1.54) is 5.56 Å². The molecule has 0 heterocycles. The Bertz CT molecular complexity index is 649. The first-order valence-corrected chi connectivity index (χ1v) is 6.97. The molecule has 0 amide bonds. The van der Waals surface area contributed by atoms with Gasteiger partial charge in [-0.3, -0.25) is 0 Å². The molecule has 2 rings (SSSR count). The van der Waals surface area contributed by atoms with Gasteiger partial charge in [-0.2, -0.15) is 5.26 Å². The Morgan fingerprint density at radius 2 is 2.00 bits per heavy atom. The van der Waals surface area contributed by atoms with E-state index < -0.39 is 0 Å².